The summed E-state index contributed by atoms with van der Waals surface area (Å²) in [6.45, 7) is 2.72. The Kier molecular flexibility index (Phi) is 9.66. The van der Waals surface area contributed by atoms with Gasteiger partial charge in [-0.3, -0.25) is 15.0 Å². The van der Waals surface area contributed by atoms with E-state index in [-0.39, 0.29) is 24.7 Å². The number of piperazine rings is 1. The second-order valence-electron chi connectivity index (χ2n) is 8.82. The highest BCUT2D eigenvalue weighted by Crippen LogP contribution is 2.24. The maximum absolute atomic E-state index is 13.5. The molecule has 0 aromatic heterocycles. The minimum Gasteiger partial charge on any atom is -0.497 e. The summed E-state index contributed by atoms with van der Waals surface area (Å²) in [5.41, 5.74) is 7.29. The summed E-state index contributed by atoms with van der Waals surface area (Å²) in [6.07, 6.45) is 0.0413. The summed E-state index contributed by atoms with van der Waals surface area (Å²) in [6, 6.07) is 10.6. The number of methoxy groups -OCH3 is 2. The van der Waals surface area contributed by atoms with Crippen molar-refractivity contribution >= 4 is 27.9 Å². The van der Waals surface area contributed by atoms with Crippen LogP contribution in [0.4, 0.5) is 0 Å². The topological polar surface area (TPSA) is 167 Å². The molecule has 12 nitrogen and oxygen atoms in total. The van der Waals surface area contributed by atoms with Crippen LogP contribution in [0.2, 0.25) is 0 Å². The van der Waals surface area contributed by atoms with Crippen LogP contribution in [0.15, 0.2) is 42.5 Å². The summed E-state index contributed by atoms with van der Waals surface area (Å²) in [5.74, 6) is 0.395. The van der Waals surface area contributed by atoms with Gasteiger partial charge in [0.15, 0.2) is 0 Å². The van der Waals surface area contributed by atoms with Gasteiger partial charge < -0.3 is 25.0 Å². The molecule has 0 radical (unpaired) electrons. The smallest absolute Gasteiger partial charge is 0.277 e. The number of nitrogen functional groups attached to an aromatic ring is 1. The number of amides is 2. The van der Waals surface area contributed by atoms with Gasteiger partial charge >= 0.3 is 0 Å². The second kappa shape index (κ2) is 12.7. The molecule has 1 fully saturated rings. The summed E-state index contributed by atoms with van der Waals surface area (Å²) < 4.78 is 41.6. The minimum atomic E-state index is -4.14. The van der Waals surface area contributed by atoms with Gasteiger partial charge in [0.1, 0.15) is 23.4 Å². The normalized spacial score (nSPS) is 14.6. The molecule has 0 aliphatic carbocycles. The lowest BCUT2D eigenvalue weighted by atomic mass is 10.0. The third-order valence-corrected chi connectivity index (χ3v) is 7.38. The van der Waals surface area contributed by atoms with Crippen molar-refractivity contribution in [3.05, 3.63) is 59.2 Å². The summed E-state index contributed by atoms with van der Waals surface area (Å²) in [7, 11) is -1.15. The zero-order chi connectivity index (χ0) is 27.9. The summed E-state index contributed by atoms with van der Waals surface area (Å²) in [5, 5.41) is 7.68. The van der Waals surface area contributed by atoms with Gasteiger partial charge in [0.2, 0.25) is 11.8 Å². The molecule has 1 saturated heterocycles. The van der Waals surface area contributed by atoms with Gasteiger partial charge in [0.05, 0.1) is 14.2 Å². The maximum Gasteiger partial charge on any atom is 0.277 e. The fraction of sp³-hybridized carbons (Fsp3) is 0.400. The first-order valence-corrected chi connectivity index (χ1v) is 13.5. The first-order chi connectivity index (χ1) is 18.0. The van der Waals surface area contributed by atoms with Crippen molar-refractivity contribution in [3.8, 4) is 11.5 Å². The predicted octanol–water partition coefficient (Wildman–Crippen LogP) is 0.214. The van der Waals surface area contributed by atoms with Gasteiger partial charge in [0, 0.05) is 56.8 Å². The molecular formula is C25H34N6O6S. The van der Waals surface area contributed by atoms with Crippen LogP contribution >= 0.6 is 0 Å². The molecule has 0 saturated carbocycles. The first-order valence-electron chi connectivity index (χ1n) is 12.0. The van der Waals surface area contributed by atoms with Crippen LogP contribution < -0.4 is 24.7 Å². The molecule has 3 rings (SSSR count). The molecule has 5 N–H and O–H groups in total. The predicted molar refractivity (Wildman–Crippen MR) is 142 cm³/mol. The van der Waals surface area contributed by atoms with Crippen molar-refractivity contribution in [2.45, 2.75) is 25.9 Å². The Morgan fingerprint density at radius 3 is 2.34 bits per heavy atom. The quantitative estimate of drug-likeness (QED) is 0.231. The Balaban J connectivity index is 1.79. The lowest BCUT2D eigenvalue weighted by molar-refractivity contribution is -0.139. The van der Waals surface area contributed by atoms with Crippen molar-refractivity contribution in [2.24, 2.45) is 5.73 Å². The molecule has 1 unspecified atom stereocenters. The third-order valence-electron chi connectivity index (χ3n) is 6.26. The highest BCUT2D eigenvalue weighted by atomic mass is 32.2. The van der Waals surface area contributed by atoms with E-state index in [2.05, 4.69) is 9.44 Å². The number of nitrogens with one attached hydrogen (secondary N) is 3. The number of hydrogen-bond donors (Lipinski definition) is 4. The number of ether oxygens (including phenoxy) is 2. The van der Waals surface area contributed by atoms with Gasteiger partial charge in [-0.2, -0.15) is 17.9 Å². The van der Waals surface area contributed by atoms with Crippen molar-refractivity contribution in [1.29, 1.82) is 5.41 Å². The Hall–Kier alpha value is -3.68. The van der Waals surface area contributed by atoms with Crippen LogP contribution in [0, 0.1) is 5.41 Å². The van der Waals surface area contributed by atoms with Gasteiger partial charge in [-0.25, -0.2) is 0 Å². The number of nitrogens with two attached hydrogens (primary N) is 1. The van der Waals surface area contributed by atoms with Crippen molar-refractivity contribution < 1.29 is 27.5 Å². The summed E-state index contributed by atoms with van der Waals surface area (Å²) in [4.78, 5) is 28.4. The molecular weight excluding hydrogens is 512 g/mol. The molecule has 13 heteroatoms. The highest BCUT2D eigenvalue weighted by Gasteiger charge is 2.31. The van der Waals surface area contributed by atoms with Crippen LogP contribution in [0.3, 0.4) is 0 Å². The molecule has 38 heavy (non-hydrogen) atoms. The Morgan fingerprint density at radius 2 is 1.74 bits per heavy atom. The van der Waals surface area contributed by atoms with E-state index in [4.69, 9.17) is 20.6 Å². The lowest BCUT2D eigenvalue weighted by Crippen LogP contribution is -2.57. The van der Waals surface area contributed by atoms with Crippen LogP contribution in [0.25, 0.3) is 0 Å². The van der Waals surface area contributed by atoms with E-state index in [9.17, 15) is 18.0 Å². The van der Waals surface area contributed by atoms with E-state index in [0.717, 1.165) is 0 Å². The first kappa shape index (κ1) is 28.9. The van der Waals surface area contributed by atoms with Crippen molar-refractivity contribution in [2.75, 3.05) is 40.4 Å². The van der Waals surface area contributed by atoms with E-state index in [1.807, 2.05) is 0 Å². The molecule has 1 heterocycles. The van der Waals surface area contributed by atoms with Gasteiger partial charge in [-0.15, -0.1) is 0 Å². The molecule has 0 bridgehead atoms. The second-order valence-corrected chi connectivity index (χ2v) is 10.4. The number of hydrogen-bond acceptors (Lipinski definition) is 7. The fourth-order valence-electron chi connectivity index (χ4n) is 4.14. The van der Waals surface area contributed by atoms with Crippen LogP contribution in [0.1, 0.15) is 23.6 Å². The highest BCUT2D eigenvalue weighted by molar-refractivity contribution is 7.87. The van der Waals surface area contributed by atoms with E-state index in [1.54, 1.807) is 52.3 Å². The zero-order valence-corrected chi connectivity index (χ0v) is 22.5. The Morgan fingerprint density at radius 1 is 1.05 bits per heavy atom. The third kappa shape index (κ3) is 7.66. The molecule has 1 atom stereocenters. The largest absolute Gasteiger partial charge is 0.497 e. The lowest BCUT2D eigenvalue weighted by Gasteiger charge is -2.36. The van der Waals surface area contributed by atoms with E-state index < -0.39 is 22.2 Å². The molecule has 0 spiro atoms. The zero-order valence-electron chi connectivity index (χ0n) is 21.7. The van der Waals surface area contributed by atoms with Crippen LogP contribution in [0.5, 0.6) is 11.5 Å². The van der Waals surface area contributed by atoms with Crippen LogP contribution in [-0.4, -0.2) is 82.3 Å². The number of benzene rings is 2. The molecule has 2 amide bonds. The van der Waals surface area contributed by atoms with E-state index in [1.165, 1.54) is 21.1 Å². The molecule has 1 aliphatic heterocycles. The molecule has 2 aromatic rings. The van der Waals surface area contributed by atoms with Gasteiger partial charge in [-0.05, 0) is 24.1 Å². The standard InChI is InChI=1S/C25H34N6O6S/c1-17(32)30-9-11-31(12-10-30)25(33)22(14-18-5-4-6-19(13-18)24(26)27)29-38(34,35)28-16-20-7-8-21(36-2)15-23(20)37-3/h4-8,13,15,22,28-29H,9-12,14,16H2,1-3H3,(H3,26,27). The average molecular weight is 547 g/mol. The average Bonchev–Trinajstić information content (AvgIpc) is 2.91. The fourth-order valence-corrected chi connectivity index (χ4v) is 5.13. The number of carbonyl (C=O) groups excluding carboxylic acids is 2. The molecule has 1 aliphatic rings. The van der Waals surface area contributed by atoms with Crippen molar-refractivity contribution in [1.82, 2.24) is 19.2 Å². The van der Waals surface area contributed by atoms with Gasteiger partial charge in [0.25, 0.3) is 10.2 Å². The van der Waals surface area contributed by atoms with Crippen LogP contribution in [-0.2, 0) is 32.8 Å². The maximum atomic E-state index is 13.5. The Labute approximate surface area is 222 Å². The SMILES string of the molecule is COc1ccc(CNS(=O)(=O)NC(Cc2cccc(C(=N)N)c2)C(=O)N2CCN(C(C)=O)CC2)c(OC)c1. The van der Waals surface area contributed by atoms with E-state index >= 15 is 0 Å². The monoisotopic (exact) mass is 546 g/mol. The number of rotatable bonds is 11. The number of carbonyl (C=O) groups is 2. The summed E-state index contributed by atoms with van der Waals surface area (Å²) >= 11 is 0. The minimum absolute atomic E-state index is 0.0413. The van der Waals surface area contributed by atoms with Crippen molar-refractivity contribution in [3.63, 3.8) is 0 Å². The molecule has 206 valence electrons. The number of amidine groups is 1. The van der Waals surface area contributed by atoms with Gasteiger partial charge in [-0.1, -0.05) is 24.3 Å². The molecule has 2 aromatic carbocycles. The Bertz CT molecular complexity index is 1280. The van der Waals surface area contributed by atoms with E-state index in [0.29, 0.717) is 54.4 Å². The number of nitrogens with zero attached hydrogens (tertiary/aromatic N) is 2.